The van der Waals surface area contributed by atoms with Crippen molar-refractivity contribution >= 4 is 33.8 Å². The minimum absolute atomic E-state index is 0.557. The summed E-state index contributed by atoms with van der Waals surface area (Å²) in [7, 11) is 0. The van der Waals surface area contributed by atoms with Crippen LogP contribution in [0.5, 0.6) is 0 Å². The van der Waals surface area contributed by atoms with Crippen molar-refractivity contribution in [3.63, 3.8) is 0 Å². The molecule has 0 aliphatic heterocycles. The van der Waals surface area contributed by atoms with Crippen molar-refractivity contribution in [3.8, 4) is 0 Å². The quantitative estimate of drug-likeness (QED) is 0.511. The van der Waals surface area contributed by atoms with Crippen molar-refractivity contribution in [3.05, 3.63) is 36.4 Å². The van der Waals surface area contributed by atoms with Gasteiger partial charge in [-0.3, -0.25) is 0 Å². The Bertz CT molecular complexity index is 1110. The first-order valence-corrected chi connectivity index (χ1v) is 9.45. The van der Waals surface area contributed by atoms with Crippen molar-refractivity contribution in [2.24, 2.45) is 0 Å². The zero-order valence-electron chi connectivity index (χ0n) is 13.4. The first kappa shape index (κ1) is 13.8. The van der Waals surface area contributed by atoms with E-state index < -0.39 is 0 Å². The molecule has 2 saturated carbocycles. The lowest BCUT2D eigenvalue weighted by Crippen LogP contribution is -2.02. The van der Waals surface area contributed by atoms with E-state index in [1.807, 2.05) is 24.3 Å². The molecular weight excluding hydrogens is 334 g/mol. The van der Waals surface area contributed by atoms with Crippen LogP contribution in [0.1, 0.15) is 43.5 Å². The average Bonchev–Trinajstić information content (AvgIpc) is 3.57. The molecule has 0 radical (unpaired) electrons. The number of hydrogen-bond donors (Lipinski definition) is 0. The van der Waals surface area contributed by atoms with E-state index in [9.17, 15) is 0 Å². The number of para-hydroxylation sites is 1. The van der Waals surface area contributed by atoms with Crippen LogP contribution in [0.15, 0.2) is 45.2 Å². The highest BCUT2D eigenvalue weighted by Gasteiger charge is 2.36. The van der Waals surface area contributed by atoms with Crippen molar-refractivity contribution in [1.82, 2.24) is 24.7 Å². The minimum atomic E-state index is 0.557. The molecular formula is C18H15N5OS. The lowest BCUT2D eigenvalue weighted by Gasteiger charge is -2.07. The monoisotopic (exact) mass is 349 g/mol. The highest BCUT2D eigenvalue weighted by Crippen LogP contribution is 2.47. The smallest absolute Gasteiger partial charge is 0.197 e. The number of rotatable bonds is 4. The van der Waals surface area contributed by atoms with Crippen LogP contribution in [0.25, 0.3) is 22.1 Å². The number of hydrogen-bond acceptors (Lipinski definition) is 6. The van der Waals surface area contributed by atoms with E-state index in [0.29, 0.717) is 12.0 Å². The Morgan fingerprint density at radius 2 is 1.92 bits per heavy atom. The van der Waals surface area contributed by atoms with Gasteiger partial charge in [0.05, 0.1) is 0 Å². The summed E-state index contributed by atoms with van der Waals surface area (Å²) in [6.07, 6.45) is 6.50. The van der Waals surface area contributed by atoms with Crippen molar-refractivity contribution in [1.29, 1.82) is 0 Å². The third-order valence-corrected chi connectivity index (χ3v) is 5.80. The van der Waals surface area contributed by atoms with Crippen LogP contribution < -0.4 is 0 Å². The van der Waals surface area contributed by atoms with E-state index in [1.54, 1.807) is 6.33 Å². The lowest BCUT2D eigenvalue weighted by molar-refractivity contribution is 0.625. The third kappa shape index (κ3) is 2.18. The van der Waals surface area contributed by atoms with Crippen molar-refractivity contribution in [2.75, 3.05) is 0 Å². The number of furan rings is 1. The predicted octanol–water partition coefficient (Wildman–Crippen LogP) is 4.33. The molecule has 6 rings (SSSR count). The fourth-order valence-electron chi connectivity index (χ4n) is 3.32. The summed E-state index contributed by atoms with van der Waals surface area (Å²) >= 11 is 1.54. The summed E-state index contributed by atoms with van der Waals surface area (Å²) in [5.74, 6) is 1.75. The molecule has 0 amide bonds. The highest BCUT2D eigenvalue weighted by molar-refractivity contribution is 7.99. The molecule has 3 aromatic heterocycles. The van der Waals surface area contributed by atoms with E-state index in [-0.39, 0.29) is 0 Å². The van der Waals surface area contributed by atoms with E-state index in [0.717, 1.165) is 38.1 Å². The second-order valence-electron chi connectivity index (χ2n) is 6.77. The number of fused-ring (bicyclic) bond motifs is 3. The SMILES string of the molecule is c1ccc2c(c1)oc1c(Sc3nnc(C4CC4)n3C3CC3)ncnc12. The molecule has 7 heteroatoms. The van der Waals surface area contributed by atoms with Gasteiger partial charge in [-0.25, -0.2) is 9.97 Å². The Kier molecular flexibility index (Phi) is 2.79. The van der Waals surface area contributed by atoms with Gasteiger partial charge in [-0.15, -0.1) is 10.2 Å². The molecule has 1 aromatic carbocycles. The maximum Gasteiger partial charge on any atom is 0.197 e. The van der Waals surface area contributed by atoms with Gasteiger partial charge in [-0.2, -0.15) is 0 Å². The predicted molar refractivity (Wildman–Crippen MR) is 93.7 cm³/mol. The molecule has 0 bridgehead atoms. The van der Waals surface area contributed by atoms with Gasteiger partial charge in [0.1, 0.15) is 23.3 Å². The summed E-state index contributed by atoms with van der Waals surface area (Å²) < 4.78 is 8.37. The van der Waals surface area contributed by atoms with Crippen LogP contribution in [-0.2, 0) is 0 Å². The van der Waals surface area contributed by atoms with Gasteiger partial charge in [0.15, 0.2) is 15.8 Å². The van der Waals surface area contributed by atoms with Crippen LogP contribution in [-0.4, -0.2) is 24.7 Å². The maximum atomic E-state index is 6.04. The van der Waals surface area contributed by atoms with Gasteiger partial charge in [0.2, 0.25) is 0 Å². The standard InChI is InChI=1S/C18H15N5OS/c1-2-4-13-12(3-1)14-15(24-13)17(20-9-19-14)25-18-22-21-16(10-5-6-10)23(18)11-7-8-11/h1-4,9-11H,5-8H2. The molecule has 0 atom stereocenters. The summed E-state index contributed by atoms with van der Waals surface area (Å²) in [6, 6.07) is 8.51. The van der Waals surface area contributed by atoms with Crippen LogP contribution in [0.4, 0.5) is 0 Å². The molecule has 0 N–H and O–H groups in total. The van der Waals surface area contributed by atoms with Crippen LogP contribution in [0.3, 0.4) is 0 Å². The molecule has 2 fully saturated rings. The molecule has 0 saturated heterocycles. The molecule has 4 aromatic rings. The molecule has 25 heavy (non-hydrogen) atoms. The number of benzene rings is 1. The van der Waals surface area contributed by atoms with Gasteiger partial charge in [-0.1, -0.05) is 12.1 Å². The lowest BCUT2D eigenvalue weighted by atomic mass is 10.2. The van der Waals surface area contributed by atoms with Gasteiger partial charge < -0.3 is 8.98 Å². The normalized spacial score (nSPS) is 17.6. The number of aromatic nitrogens is 5. The first-order chi connectivity index (χ1) is 12.4. The summed E-state index contributed by atoms with van der Waals surface area (Å²) in [5, 5.41) is 11.7. The van der Waals surface area contributed by atoms with Gasteiger partial charge in [0.25, 0.3) is 0 Å². The van der Waals surface area contributed by atoms with Gasteiger partial charge >= 0.3 is 0 Å². The highest BCUT2D eigenvalue weighted by atomic mass is 32.2. The zero-order chi connectivity index (χ0) is 16.4. The Morgan fingerprint density at radius 3 is 2.76 bits per heavy atom. The Hall–Kier alpha value is -2.41. The van der Waals surface area contributed by atoms with Crippen LogP contribution >= 0.6 is 11.8 Å². The van der Waals surface area contributed by atoms with Crippen LogP contribution in [0.2, 0.25) is 0 Å². The molecule has 2 aliphatic rings. The van der Waals surface area contributed by atoms with E-state index >= 15 is 0 Å². The third-order valence-electron chi connectivity index (χ3n) is 4.86. The zero-order valence-corrected chi connectivity index (χ0v) is 14.2. The second-order valence-corrected chi connectivity index (χ2v) is 7.73. The van der Waals surface area contributed by atoms with Crippen LogP contribution in [0, 0.1) is 0 Å². The summed E-state index contributed by atoms with van der Waals surface area (Å²) in [6.45, 7) is 0. The Balaban J connectivity index is 1.48. The van der Waals surface area contributed by atoms with E-state index in [4.69, 9.17) is 4.42 Å². The average molecular weight is 349 g/mol. The second kappa shape index (κ2) is 5.05. The fourth-order valence-corrected chi connectivity index (χ4v) is 4.24. The van der Waals surface area contributed by atoms with E-state index in [1.165, 1.54) is 37.4 Å². The summed E-state index contributed by atoms with van der Waals surface area (Å²) in [4.78, 5) is 8.89. The molecule has 0 unspecified atom stereocenters. The molecule has 0 spiro atoms. The first-order valence-electron chi connectivity index (χ1n) is 8.63. The molecule has 6 nitrogen and oxygen atoms in total. The largest absolute Gasteiger partial charge is 0.451 e. The number of nitrogens with zero attached hydrogens (tertiary/aromatic N) is 5. The van der Waals surface area contributed by atoms with Crippen molar-refractivity contribution < 1.29 is 4.42 Å². The summed E-state index contributed by atoms with van der Waals surface area (Å²) in [5.41, 5.74) is 2.42. The molecule has 3 heterocycles. The fraction of sp³-hybridized carbons (Fsp3) is 0.333. The molecule has 2 aliphatic carbocycles. The topological polar surface area (TPSA) is 69.6 Å². The van der Waals surface area contributed by atoms with Gasteiger partial charge in [0, 0.05) is 17.3 Å². The van der Waals surface area contributed by atoms with Crippen molar-refractivity contribution in [2.45, 2.75) is 47.8 Å². The maximum absolute atomic E-state index is 6.04. The molecule has 124 valence electrons. The minimum Gasteiger partial charge on any atom is -0.451 e. The Labute approximate surface area is 147 Å². The van der Waals surface area contributed by atoms with E-state index in [2.05, 4.69) is 24.7 Å². The van der Waals surface area contributed by atoms with Gasteiger partial charge in [-0.05, 0) is 49.6 Å². The Morgan fingerprint density at radius 1 is 1.04 bits per heavy atom.